The van der Waals surface area contributed by atoms with E-state index in [1.807, 2.05) is 0 Å². The number of carbonyl (C=O) groups is 1. The van der Waals surface area contributed by atoms with E-state index in [9.17, 15) is 9.18 Å². The number of benzene rings is 1. The Kier molecular flexibility index (Phi) is 4.86. The summed E-state index contributed by atoms with van der Waals surface area (Å²) in [6, 6.07) is 9.51. The zero-order chi connectivity index (χ0) is 20.4. The second kappa shape index (κ2) is 7.63. The first-order valence-corrected chi connectivity index (χ1v) is 8.86. The first-order valence-electron chi connectivity index (χ1n) is 8.86. The molecule has 29 heavy (non-hydrogen) atoms. The van der Waals surface area contributed by atoms with Crippen LogP contribution in [0.15, 0.2) is 53.3 Å². The Hall–Kier alpha value is -3.88. The van der Waals surface area contributed by atoms with E-state index in [0.717, 1.165) is 5.56 Å². The fourth-order valence-electron chi connectivity index (χ4n) is 2.87. The number of aryl methyl sites for hydroxylation is 1. The van der Waals surface area contributed by atoms with Crippen LogP contribution in [0.4, 0.5) is 4.39 Å². The molecule has 3 heterocycles. The number of nitrogens with zero attached hydrogens (tertiary/aromatic N) is 5. The topological polar surface area (TPSA) is 98.7 Å². The molecule has 4 aromatic rings. The van der Waals surface area contributed by atoms with Gasteiger partial charge in [0.1, 0.15) is 5.82 Å². The number of nitrogens with one attached hydrogen (secondary N) is 1. The van der Waals surface area contributed by atoms with Crippen LogP contribution in [-0.4, -0.2) is 30.8 Å². The van der Waals surface area contributed by atoms with Crippen molar-refractivity contribution in [3.05, 3.63) is 77.3 Å². The Balaban J connectivity index is 1.59. The van der Waals surface area contributed by atoms with Gasteiger partial charge < -0.3 is 9.84 Å². The third-order valence-electron chi connectivity index (χ3n) is 4.37. The van der Waals surface area contributed by atoms with E-state index < -0.39 is 0 Å². The molecule has 0 saturated carbocycles. The number of pyridine rings is 1. The molecule has 0 bridgehead atoms. The second-order valence-corrected chi connectivity index (χ2v) is 6.39. The van der Waals surface area contributed by atoms with Crippen molar-refractivity contribution in [2.24, 2.45) is 0 Å². The highest BCUT2D eigenvalue weighted by Gasteiger charge is 2.20. The molecule has 0 atom stereocenters. The Morgan fingerprint density at radius 1 is 1.21 bits per heavy atom. The molecule has 0 spiro atoms. The molecule has 0 saturated heterocycles. The van der Waals surface area contributed by atoms with Gasteiger partial charge in [0.15, 0.2) is 11.6 Å². The monoisotopic (exact) mass is 392 g/mol. The Morgan fingerprint density at radius 2 is 2.00 bits per heavy atom. The molecule has 0 aliphatic rings. The summed E-state index contributed by atoms with van der Waals surface area (Å²) in [5.41, 5.74) is 2.42. The van der Waals surface area contributed by atoms with Gasteiger partial charge in [0.05, 0.1) is 23.0 Å². The van der Waals surface area contributed by atoms with Gasteiger partial charge in [-0.25, -0.2) is 14.1 Å². The maximum atomic E-state index is 13.0. The van der Waals surface area contributed by atoms with Crippen LogP contribution in [0.5, 0.6) is 0 Å². The molecule has 1 N–H and O–H groups in total. The Morgan fingerprint density at radius 3 is 2.72 bits per heavy atom. The van der Waals surface area contributed by atoms with Crippen molar-refractivity contribution in [1.29, 1.82) is 0 Å². The highest BCUT2D eigenvalue weighted by molar-refractivity contribution is 5.95. The first-order chi connectivity index (χ1) is 14.0. The van der Waals surface area contributed by atoms with E-state index in [1.165, 1.54) is 18.3 Å². The lowest BCUT2D eigenvalue weighted by Crippen LogP contribution is -2.23. The lowest BCUT2D eigenvalue weighted by atomic mass is 10.2. The van der Waals surface area contributed by atoms with Crippen molar-refractivity contribution >= 4 is 5.91 Å². The van der Waals surface area contributed by atoms with Crippen LogP contribution < -0.4 is 5.32 Å². The van der Waals surface area contributed by atoms with Gasteiger partial charge in [-0.15, -0.1) is 0 Å². The van der Waals surface area contributed by atoms with Gasteiger partial charge in [-0.3, -0.25) is 4.79 Å². The molecule has 0 radical (unpaired) electrons. The number of hydrogen-bond donors (Lipinski definition) is 1. The minimum atomic E-state index is -0.320. The molecule has 146 valence electrons. The summed E-state index contributed by atoms with van der Waals surface area (Å²) >= 11 is 0. The number of amides is 1. The number of carbonyl (C=O) groups excluding carboxylic acids is 1. The molecule has 4 rings (SSSR count). The van der Waals surface area contributed by atoms with Crippen molar-refractivity contribution in [2.75, 3.05) is 0 Å². The largest absolute Gasteiger partial charge is 0.348 e. The Bertz CT molecular complexity index is 1170. The minimum absolute atomic E-state index is 0.278. The number of aromatic nitrogens is 5. The van der Waals surface area contributed by atoms with Gasteiger partial charge in [0, 0.05) is 12.7 Å². The van der Waals surface area contributed by atoms with Crippen molar-refractivity contribution in [3.8, 4) is 17.3 Å². The maximum Gasteiger partial charge on any atom is 0.261 e. The predicted molar refractivity (Wildman–Crippen MR) is 102 cm³/mol. The maximum absolute atomic E-state index is 13.0. The molecular weight excluding hydrogens is 375 g/mol. The van der Waals surface area contributed by atoms with Gasteiger partial charge in [-0.2, -0.15) is 10.1 Å². The molecule has 0 fully saturated rings. The van der Waals surface area contributed by atoms with E-state index in [1.54, 1.807) is 49.0 Å². The molecule has 0 aliphatic heterocycles. The number of halogens is 1. The van der Waals surface area contributed by atoms with Crippen LogP contribution in [-0.2, 0) is 6.54 Å². The van der Waals surface area contributed by atoms with Crippen LogP contribution in [0.25, 0.3) is 17.3 Å². The summed E-state index contributed by atoms with van der Waals surface area (Å²) < 4.78 is 19.8. The highest BCUT2D eigenvalue weighted by Crippen LogP contribution is 2.24. The summed E-state index contributed by atoms with van der Waals surface area (Å²) in [7, 11) is 0. The third-order valence-corrected chi connectivity index (χ3v) is 4.37. The SMILES string of the molecule is Cc1noc(-c2cccnc2-n2ncc(C(=O)NCc3ccc(F)cc3)c2C)n1. The third kappa shape index (κ3) is 3.75. The van der Waals surface area contributed by atoms with Crippen molar-refractivity contribution in [2.45, 2.75) is 20.4 Å². The zero-order valence-corrected chi connectivity index (χ0v) is 15.8. The normalized spacial score (nSPS) is 10.9. The standard InChI is InChI=1S/C20H17FN6O2/c1-12-17(19(28)23-10-14-5-7-15(21)8-6-14)11-24-27(12)18-16(4-3-9-22-18)20-25-13(2)26-29-20/h3-9,11H,10H2,1-2H3,(H,23,28). The van der Waals surface area contributed by atoms with E-state index in [0.29, 0.717) is 34.4 Å². The predicted octanol–water partition coefficient (Wildman–Crippen LogP) is 3.00. The lowest BCUT2D eigenvalue weighted by Gasteiger charge is -2.08. The molecule has 0 unspecified atom stereocenters. The van der Waals surface area contributed by atoms with Crippen LogP contribution >= 0.6 is 0 Å². The van der Waals surface area contributed by atoms with Gasteiger partial charge in [0.25, 0.3) is 11.8 Å². The summed E-state index contributed by atoms with van der Waals surface area (Å²) in [5, 5.41) is 10.9. The van der Waals surface area contributed by atoms with Gasteiger partial charge in [0.2, 0.25) is 0 Å². The van der Waals surface area contributed by atoms with Crippen LogP contribution in [0, 0.1) is 19.7 Å². The highest BCUT2D eigenvalue weighted by atomic mass is 19.1. The average molecular weight is 392 g/mol. The smallest absolute Gasteiger partial charge is 0.261 e. The van der Waals surface area contributed by atoms with Crippen LogP contribution in [0.1, 0.15) is 27.4 Å². The van der Waals surface area contributed by atoms with Gasteiger partial charge >= 0.3 is 0 Å². The molecule has 1 aromatic carbocycles. The first kappa shape index (κ1) is 18.5. The fraction of sp³-hybridized carbons (Fsp3) is 0.150. The van der Waals surface area contributed by atoms with Crippen molar-refractivity contribution in [3.63, 3.8) is 0 Å². The second-order valence-electron chi connectivity index (χ2n) is 6.39. The van der Waals surface area contributed by atoms with E-state index >= 15 is 0 Å². The number of rotatable bonds is 5. The average Bonchev–Trinajstić information content (AvgIpc) is 3.33. The van der Waals surface area contributed by atoms with E-state index in [-0.39, 0.29) is 18.3 Å². The fourth-order valence-corrected chi connectivity index (χ4v) is 2.87. The molecule has 9 heteroatoms. The van der Waals surface area contributed by atoms with E-state index in [4.69, 9.17) is 4.52 Å². The molecule has 3 aromatic heterocycles. The van der Waals surface area contributed by atoms with E-state index in [2.05, 4.69) is 25.5 Å². The molecule has 0 aliphatic carbocycles. The minimum Gasteiger partial charge on any atom is -0.348 e. The van der Waals surface area contributed by atoms with Gasteiger partial charge in [-0.05, 0) is 43.7 Å². The molecular formula is C20H17FN6O2. The quantitative estimate of drug-likeness (QED) is 0.561. The molecule has 1 amide bonds. The summed E-state index contributed by atoms with van der Waals surface area (Å²) in [5.74, 6) is 0.700. The van der Waals surface area contributed by atoms with Crippen molar-refractivity contribution < 1.29 is 13.7 Å². The zero-order valence-electron chi connectivity index (χ0n) is 15.8. The van der Waals surface area contributed by atoms with Gasteiger partial charge in [-0.1, -0.05) is 17.3 Å². The lowest BCUT2D eigenvalue weighted by molar-refractivity contribution is 0.0950. The summed E-state index contributed by atoms with van der Waals surface area (Å²) in [4.78, 5) is 21.2. The molecule has 8 nitrogen and oxygen atoms in total. The van der Waals surface area contributed by atoms with Crippen LogP contribution in [0.2, 0.25) is 0 Å². The number of hydrogen-bond acceptors (Lipinski definition) is 6. The summed E-state index contributed by atoms with van der Waals surface area (Å²) in [6.45, 7) is 3.78. The Labute approximate surface area is 165 Å². The van der Waals surface area contributed by atoms with Crippen LogP contribution in [0.3, 0.4) is 0 Å². The summed E-state index contributed by atoms with van der Waals surface area (Å²) in [6.07, 6.45) is 3.10. The van der Waals surface area contributed by atoms with Crippen molar-refractivity contribution in [1.82, 2.24) is 30.2 Å².